The second-order valence-corrected chi connectivity index (χ2v) is 11.9. The van der Waals surface area contributed by atoms with E-state index in [1.165, 1.54) is 24.8 Å². The molecule has 8 heteroatoms. The maximum absolute atomic E-state index is 13.5. The predicted molar refractivity (Wildman–Crippen MR) is 138 cm³/mol. The fourth-order valence-electron chi connectivity index (χ4n) is 6.61. The minimum Gasteiger partial charge on any atom is -0.350 e. The minimum atomic E-state index is -0.284. The third kappa shape index (κ3) is 3.47. The van der Waals surface area contributed by atoms with E-state index in [2.05, 4.69) is 53.4 Å². The predicted octanol–water partition coefficient (Wildman–Crippen LogP) is 4.18. The number of rotatable bonds is 4. The van der Waals surface area contributed by atoms with Crippen molar-refractivity contribution in [3.63, 3.8) is 0 Å². The van der Waals surface area contributed by atoms with Crippen LogP contribution in [-0.4, -0.2) is 57.5 Å². The van der Waals surface area contributed by atoms with Crippen molar-refractivity contribution in [3.8, 4) is 6.07 Å². The molecule has 2 aliphatic carbocycles. The summed E-state index contributed by atoms with van der Waals surface area (Å²) in [7, 11) is 0. The first-order chi connectivity index (χ1) is 17.2. The van der Waals surface area contributed by atoms with Gasteiger partial charge in [-0.2, -0.15) is 5.26 Å². The quantitative estimate of drug-likeness (QED) is 0.642. The second kappa shape index (κ2) is 8.16. The van der Waals surface area contributed by atoms with E-state index in [-0.39, 0.29) is 22.9 Å². The lowest BCUT2D eigenvalue weighted by Crippen LogP contribution is -2.61. The number of piperazine rings is 1. The Morgan fingerprint density at radius 3 is 2.53 bits per heavy atom. The number of hydrogen-bond acceptors (Lipinski definition) is 7. The molecule has 2 aromatic rings. The van der Waals surface area contributed by atoms with Crippen molar-refractivity contribution in [2.75, 3.05) is 29.4 Å². The highest BCUT2D eigenvalue weighted by molar-refractivity contribution is 5.83. The van der Waals surface area contributed by atoms with E-state index in [0.29, 0.717) is 23.9 Å². The maximum atomic E-state index is 13.5. The number of anilines is 3. The van der Waals surface area contributed by atoms with Gasteiger partial charge in [-0.3, -0.25) is 4.79 Å². The van der Waals surface area contributed by atoms with Crippen LogP contribution in [0.3, 0.4) is 0 Å². The summed E-state index contributed by atoms with van der Waals surface area (Å²) in [5, 5.41) is 9.42. The molecule has 1 spiro atoms. The summed E-state index contributed by atoms with van der Waals surface area (Å²) >= 11 is 0. The van der Waals surface area contributed by atoms with Crippen LogP contribution in [0.2, 0.25) is 0 Å². The molecule has 2 saturated carbocycles. The minimum absolute atomic E-state index is 0.0140. The van der Waals surface area contributed by atoms with Crippen molar-refractivity contribution < 1.29 is 4.79 Å². The number of nitrogens with zero attached hydrogens (tertiary/aromatic N) is 7. The molecule has 1 amide bonds. The van der Waals surface area contributed by atoms with Crippen molar-refractivity contribution in [2.24, 2.45) is 11.3 Å². The Hall–Kier alpha value is -3.21. The van der Waals surface area contributed by atoms with E-state index < -0.39 is 0 Å². The number of fused-ring (bicyclic) bond motifs is 2. The van der Waals surface area contributed by atoms with Gasteiger partial charge in [0.25, 0.3) is 0 Å². The molecule has 2 aliphatic heterocycles. The first-order valence-electron chi connectivity index (χ1n) is 13.3. The van der Waals surface area contributed by atoms with Crippen molar-refractivity contribution >= 4 is 23.4 Å². The van der Waals surface area contributed by atoms with Gasteiger partial charge in [0.2, 0.25) is 5.91 Å². The average molecular weight is 486 g/mol. The van der Waals surface area contributed by atoms with Gasteiger partial charge in [-0.25, -0.2) is 15.0 Å². The van der Waals surface area contributed by atoms with Gasteiger partial charge < -0.3 is 14.7 Å². The molecule has 188 valence electrons. The van der Waals surface area contributed by atoms with Crippen molar-refractivity contribution in [2.45, 2.75) is 77.3 Å². The van der Waals surface area contributed by atoms with Crippen molar-refractivity contribution in [1.29, 1.82) is 5.26 Å². The summed E-state index contributed by atoms with van der Waals surface area (Å²) in [5.74, 6) is 3.50. The van der Waals surface area contributed by atoms with E-state index >= 15 is 0 Å². The van der Waals surface area contributed by atoms with Crippen molar-refractivity contribution in [3.05, 3.63) is 35.8 Å². The SMILES string of the molecule is CC1CN(C(=O)C(C)(C)C2CC2)[C@@H](C)CN1c1ncnc2c1C1(CCC1)CN2c1cc(C#N)ccn1. The highest BCUT2D eigenvalue weighted by Gasteiger charge is 2.52. The van der Waals surface area contributed by atoms with E-state index in [4.69, 9.17) is 9.97 Å². The Labute approximate surface area is 213 Å². The van der Waals surface area contributed by atoms with Gasteiger partial charge in [0.15, 0.2) is 0 Å². The van der Waals surface area contributed by atoms with Crippen LogP contribution in [-0.2, 0) is 10.2 Å². The molecule has 6 rings (SSSR count). The van der Waals surface area contributed by atoms with Gasteiger partial charge in [0, 0.05) is 54.3 Å². The zero-order chi connectivity index (χ0) is 25.2. The molecule has 4 aliphatic rings. The Balaban J connectivity index is 1.34. The fourth-order valence-corrected chi connectivity index (χ4v) is 6.61. The number of carbonyl (C=O) groups excluding carboxylic acids is 1. The largest absolute Gasteiger partial charge is 0.350 e. The average Bonchev–Trinajstić information content (AvgIpc) is 3.65. The zero-order valence-corrected chi connectivity index (χ0v) is 21.7. The second-order valence-electron chi connectivity index (χ2n) is 11.9. The molecule has 0 aromatic carbocycles. The fraction of sp³-hybridized carbons (Fsp3) is 0.607. The number of amides is 1. The molecule has 4 heterocycles. The smallest absolute Gasteiger partial charge is 0.228 e. The zero-order valence-electron chi connectivity index (χ0n) is 21.7. The number of aromatic nitrogens is 3. The van der Waals surface area contributed by atoms with E-state index in [1.54, 1.807) is 18.6 Å². The molecule has 8 nitrogen and oxygen atoms in total. The van der Waals surface area contributed by atoms with Crippen molar-refractivity contribution in [1.82, 2.24) is 19.9 Å². The summed E-state index contributed by atoms with van der Waals surface area (Å²) < 4.78 is 0. The Bertz CT molecular complexity index is 1240. The monoisotopic (exact) mass is 485 g/mol. The molecular weight excluding hydrogens is 450 g/mol. The molecular formula is C28H35N7O. The molecule has 2 atom stereocenters. The number of hydrogen-bond donors (Lipinski definition) is 0. The Morgan fingerprint density at radius 2 is 1.86 bits per heavy atom. The molecule has 0 radical (unpaired) electrons. The molecule has 2 aromatic heterocycles. The number of pyridine rings is 1. The molecule has 0 N–H and O–H groups in total. The van der Waals surface area contributed by atoms with E-state index in [9.17, 15) is 10.1 Å². The Kier molecular flexibility index (Phi) is 5.26. The topological polar surface area (TPSA) is 89.3 Å². The van der Waals surface area contributed by atoms with Gasteiger partial charge in [0.1, 0.15) is 23.8 Å². The van der Waals surface area contributed by atoms with Crippen LogP contribution in [0.25, 0.3) is 0 Å². The molecule has 1 saturated heterocycles. The first kappa shape index (κ1) is 23.2. The van der Waals surface area contributed by atoms with E-state index in [1.807, 2.05) is 6.07 Å². The van der Waals surface area contributed by atoms with Gasteiger partial charge in [-0.1, -0.05) is 20.3 Å². The molecule has 3 fully saturated rings. The summed E-state index contributed by atoms with van der Waals surface area (Å²) in [6.45, 7) is 10.9. The normalized spacial score (nSPS) is 24.9. The summed E-state index contributed by atoms with van der Waals surface area (Å²) in [5.41, 5.74) is 1.55. The molecule has 36 heavy (non-hydrogen) atoms. The van der Waals surface area contributed by atoms with Crippen LogP contribution in [0.1, 0.15) is 70.9 Å². The van der Waals surface area contributed by atoms with Gasteiger partial charge in [-0.05, 0) is 57.6 Å². The summed E-state index contributed by atoms with van der Waals surface area (Å²) in [4.78, 5) is 34.4. The van der Waals surface area contributed by atoms with Crippen LogP contribution in [0.4, 0.5) is 17.5 Å². The van der Waals surface area contributed by atoms with Crippen LogP contribution in [0.5, 0.6) is 0 Å². The van der Waals surface area contributed by atoms with Crippen LogP contribution >= 0.6 is 0 Å². The molecule has 1 unspecified atom stereocenters. The third-order valence-corrected chi connectivity index (χ3v) is 9.18. The third-order valence-electron chi connectivity index (χ3n) is 9.18. The molecule has 0 bridgehead atoms. The standard InChI is InChI=1S/C28H35N7O/c1-18-15-34(26(36)27(3,4)21-6-7-21)19(2)14-33(18)24-23-25(32-17-31-24)35(16-28(23)9-5-10-28)22-12-20(13-29)8-11-30-22/h8,11-12,17-19,21H,5-7,9-10,14-16H2,1-4H3/t18?,19-/m0/s1. The van der Waals surface area contributed by atoms with Crippen LogP contribution in [0.15, 0.2) is 24.7 Å². The lowest BCUT2D eigenvalue weighted by molar-refractivity contribution is -0.144. The van der Waals surface area contributed by atoms with Gasteiger partial charge >= 0.3 is 0 Å². The van der Waals surface area contributed by atoms with Crippen LogP contribution in [0, 0.1) is 22.7 Å². The highest BCUT2D eigenvalue weighted by Crippen LogP contribution is 2.56. The summed E-state index contributed by atoms with van der Waals surface area (Å²) in [6, 6.07) is 6.08. The van der Waals surface area contributed by atoms with Gasteiger partial charge in [-0.15, -0.1) is 0 Å². The summed E-state index contributed by atoms with van der Waals surface area (Å²) in [6.07, 6.45) is 9.10. The van der Waals surface area contributed by atoms with Gasteiger partial charge in [0.05, 0.1) is 11.6 Å². The lowest BCUT2D eigenvalue weighted by Gasteiger charge is -2.48. The van der Waals surface area contributed by atoms with Crippen LogP contribution < -0.4 is 9.80 Å². The highest BCUT2D eigenvalue weighted by atomic mass is 16.2. The number of carbonyl (C=O) groups is 1. The first-order valence-corrected chi connectivity index (χ1v) is 13.3. The Morgan fingerprint density at radius 1 is 1.11 bits per heavy atom. The number of nitriles is 1. The lowest BCUT2D eigenvalue weighted by atomic mass is 9.66. The van der Waals surface area contributed by atoms with E-state index in [0.717, 1.165) is 43.4 Å². The maximum Gasteiger partial charge on any atom is 0.228 e.